The zero-order valence-corrected chi connectivity index (χ0v) is 12.6. The number of rotatable bonds is 3. The predicted octanol–water partition coefficient (Wildman–Crippen LogP) is 4.19. The van der Waals surface area contributed by atoms with E-state index >= 15 is 0 Å². The molecule has 1 aromatic carbocycles. The molecule has 2 rings (SSSR count). The van der Waals surface area contributed by atoms with Crippen molar-refractivity contribution in [1.82, 2.24) is 4.90 Å². The normalized spacial score (nSPS) is 21.0. The van der Waals surface area contributed by atoms with Crippen LogP contribution in [0.2, 0.25) is 0 Å². The Hall–Kier alpha value is -1.77. The van der Waals surface area contributed by atoms with Crippen LogP contribution in [-0.4, -0.2) is 29.1 Å². The summed E-state index contributed by atoms with van der Waals surface area (Å²) in [5.41, 5.74) is -2.87. The zero-order chi connectivity index (χ0) is 18.3. The van der Waals surface area contributed by atoms with E-state index in [9.17, 15) is 31.1 Å². The highest BCUT2D eigenvalue weighted by molar-refractivity contribution is 5.70. The molecule has 0 unspecified atom stereocenters. The van der Waals surface area contributed by atoms with Crippen molar-refractivity contribution in [2.45, 2.75) is 31.7 Å². The average Bonchev–Trinajstić information content (AvgIpc) is 2.94. The molecule has 1 aliphatic rings. The number of hydrogen-bond donors (Lipinski definition) is 1. The summed E-state index contributed by atoms with van der Waals surface area (Å²) in [6, 6.07) is 0.708. The van der Waals surface area contributed by atoms with Crippen molar-refractivity contribution in [3.8, 4) is 0 Å². The van der Waals surface area contributed by atoms with E-state index < -0.39 is 41.4 Å². The van der Waals surface area contributed by atoms with Gasteiger partial charge in [-0.15, -0.1) is 0 Å². The fourth-order valence-corrected chi connectivity index (χ4v) is 2.77. The lowest BCUT2D eigenvalue weighted by molar-refractivity contribution is -0.143. The van der Waals surface area contributed by atoms with Crippen LogP contribution in [-0.2, 0) is 17.1 Å². The summed E-state index contributed by atoms with van der Waals surface area (Å²) < 4.78 is 77.3. The number of nitrogens with zero attached hydrogens (tertiary/aromatic N) is 1. The lowest BCUT2D eigenvalue weighted by atomic mass is 9.99. The standard InChI is InChI=1S/C15H15F6NO2/c1-8(22-3-2-9(7-22)13(23)24)10-4-11(14(16,17)18)6-12(5-10)15(19,20)21/h4-6,8-9H,2-3,7H2,1H3,(H,23,24)/t8-,9-/m1/s1. The second kappa shape index (κ2) is 6.27. The summed E-state index contributed by atoms with van der Waals surface area (Å²) in [4.78, 5) is 12.5. The maximum absolute atomic E-state index is 12.9. The van der Waals surface area contributed by atoms with Crippen molar-refractivity contribution in [1.29, 1.82) is 0 Å². The number of halogens is 6. The summed E-state index contributed by atoms with van der Waals surface area (Å²) in [6.07, 6.45) is -9.49. The Balaban J connectivity index is 2.37. The number of alkyl halides is 6. The smallest absolute Gasteiger partial charge is 0.416 e. The van der Waals surface area contributed by atoms with Crippen molar-refractivity contribution in [2.75, 3.05) is 13.1 Å². The number of likely N-dealkylation sites (tertiary alicyclic amines) is 1. The van der Waals surface area contributed by atoms with Crippen LogP contribution >= 0.6 is 0 Å². The Kier molecular flexibility index (Phi) is 4.85. The third-order valence-corrected chi connectivity index (χ3v) is 4.21. The monoisotopic (exact) mass is 355 g/mol. The number of carboxylic acids is 1. The molecule has 0 aliphatic carbocycles. The number of carboxylic acid groups (broad SMARTS) is 1. The Morgan fingerprint density at radius 1 is 1.12 bits per heavy atom. The summed E-state index contributed by atoms with van der Waals surface area (Å²) in [5.74, 6) is -1.69. The minimum Gasteiger partial charge on any atom is -0.481 e. The molecule has 1 aliphatic heterocycles. The fourth-order valence-electron chi connectivity index (χ4n) is 2.77. The first-order chi connectivity index (χ1) is 10.9. The van der Waals surface area contributed by atoms with Crippen LogP contribution in [0.25, 0.3) is 0 Å². The largest absolute Gasteiger partial charge is 0.481 e. The van der Waals surface area contributed by atoms with Gasteiger partial charge < -0.3 is 5.11 Å². The molecule has 0 amide bonds. The van der Waals surface area contributed by atoms with E-state index in [2.05, 4.69) is 0 Å². The molecule has 9 heteroatoms. The van der Waals surface area contributed by atoms with E-state index in [-0.39, 0.29) is 18.2 Å². The predicted molar refractivity (Wildman–Crippen MR) is 72.2 cm³/mol. The molecule has 24 heavy (non-hydrogen) atoms. The number of benzene rings is 1. The Bertz CT molecular complexity index is 593. The van der Waals surface area contributed by atoms with Gasteiger partial charge >= 0.3 is 18.3 Å². The Morgan fingerprint density at radius 3 is 2.00 bits per heavy atom. The average molecular weight is 355 g/mol. The van der Waals surface area contributed by atoms with Crippen LogP contribution in [0.3, 0.4) is 0 Å². The molecule has 1 aromatic rings. The van der Waals surface area contributed by atoms with Gasteiger partial charge in [-0.05, 0) is 43.7 Å². The molecule has 0 bridgehead atoms. The van der Waals surface area contributed by atoms with Crippen molar-refractivity contribution in [3.63, 3.8) is 0 Å². The highest BCUT2D eigenvalue weighted by Gasteiger charge is 2.38. The summed E-state index contributed by atoms with van der Waals surface area (Å²) in [5, 5.41) is 8.96. The highest BCUT2D eigenvalue weighted by atomic mass is 19.4. The van der Waals surface area contributed by atoms with E-state index in [0.717, 1.165) is 0 Å². The van der Waals surface area contributed by atoms with Crippen molar-refractivity contribution in [3.05, 3.63) is 34.9 Å². The van der Waals surface area contributed by atoms with Crippen LogP contribution in [0, 0.1) is 5.92 Å². The van der Waals surface area contributed by atoms with Crippen molar-refractivity contribution >= 4 is 5.97 Å². The third kappa shape index (κ3) is 4.00. The van der Waals surface area contributed by atoms with Crippen LogP contribution in [0.4, 0.5) is 26.3 Å². The Labute approximate surface area is 133 Å². The number of aliphatic carboxylic acids is 1. The second-order valence-corrected chi connectivity index (χ2v) is 5.83. The van der Waals surface area contributed by atoms with E-state index in [1.807, 2.05) is 0 Å². The molecule has 0 spiro atoms. The third-order valence-electron chi connectivity index (χ3n) is 4.21. The number of hydrogen-bond acceptors (Lipinski definition) is 2. The molecular weight excluding hydrogens is 340 g/mol. The van der Waals surface area contributed by atoms with E-state index in [0.29, 0.717) is 25.1 Å². The molecule has 134 valence electrons. The molecule has 3 nitrogen and oxygen atoms in total. The molecule has 0 aromatic heterocycles. The molecule has 2 atom stereocenters. The molecule has 1 saturated heterocycles. The van der Waals surface area contributed by atoms with Gasteiger partial charge in [-0.3, -0.25) is 9.69 Å². The Morgan fingerprint density at radius 2 is 1.62 bits per heavy atom. The minimum atomic E-state index is -4.90. The van der Waals surface area contributed by atoms with Gasteiger partial charge in [0.15, 0.2) is 0 Å². The van der Waals surface area contributed by atoms with Crippen LogP contribution in [0.5, 0.6) is 0 Å². The highest BCUT2D eigenvalue weighted by Crippen LogP contribution is 2.38. The van der Waals surface area contributed by atoms with E-state index in [4.69, 9.17) is 5.11 Å². The van der Waals surface area contributed by atoms with E-state index in [1.54, 1.807) is 4.90 Å². The lowest BCUT2D eigenvalue weighted by Gasteiger charge is -2.26. The summed E-state index contributed by atoms with van der Waals surface area (Å²) in [6.45, 7) is 1.86. The molecule has 0 radical (unpaired) electrons. The van der Waals surface area contributed by atoms with Gasteiger partial charge in [0.2, 0.25) is 0 Å². The summed E-state index contributed by atoms with van der Waals surface area (Å²) in [7, 11) is 0. The van der Waals surface area contributed by atoms with Gasteiger partial charge in [0.05, 0.1) is 17.0 Å². The molecular formula is C15H15F6NO2. The minimum absolute atomic E-state index is 0.0836. The lowest BCUT2D eigenvalue weighted by Crippen LogP contribution is -2.27. The van der Waals surface area contributed by atoms with Gasteiger partial charge in [0.1, 0.15) is 0 Å². The van der Waals surface area contributed by atoms with Gasteiger partial charge in [-0.2, -0.15) is 26.3 Å². The quantitative estimate of drug-likeness (QED) is 0.827. The van der Waals surface area contributed by atoms with Gasteiger partial charge in [0, 0.05) is 12.6 Å². The first kappa shape index (κ1) is 18.6. The maximum Gasteiger partial charge on any atom is 0.416 e. The topological polar surface area (TPSA) is 40.5 Å². The van der Waals surface area contributed by atoms with Gasteiger partial charge in [-0.1, -0.05) is 0 Å². The zero-order valence-electron chi connectivity index (χ0n) is 12.6. The van der Waals surface area contributed by atoms with Crippen molar-refractivity contribution in [2.24, 2.45) is 5.92 Å². The molecule has 1 N–H and O–H groups in total. The molecule has 1 fully saturated rings. The first-order valence-corrected chi connectivity index (χ1v) is 7.16. The molecule has 1 heterocycles. The fraction of sp³-hybridized carbons (Fsp3) is 0.533. The first-order valence-electron chi connectivity index (χ1n) is 7.16. The SMILES string of the molecule is C[C@H](c1cc(C(F)(F)F)cc(C(F)(F)F)c1)N1CC[C@@H](C(=O)O)C1. The van der Waals surface area contributed by atoms with Crippen LogP contribution < -0.4 is 0 Å². The second-order valence-electron chi connectivity index (χ2n) is 5.83. The number of carbonyl (C=O) groups is 1. The van der Waals surface area contributed by atoms with Gasteiger partial charge in [0.25, 0.3) is 0 Å². The maximum atomic E-state index is 12.9. The van der Waals surface area contributed by atoms with E-state index in [1.165, 1.54) is 6.92 Å². The van der Waals surface area contributed by atoms with Crippen LogP contribution in [0.15, 0.2) is 18.2 Å². The summed E-state index contributed by atoms with van der Waals surface area (Å²) >= 11 is 0. The molecule has 0 saturated carbocycles. The van der Waals surface area contributed by atoms with Gasteiger partial charge in [-0.25, -0.2) is 0 Å². The van der Waals surface area contributed by atoms with Crippen LogP contribution in [0.1, 0.15) is 36.1 Å². The van der Waals surface area contributed by atoms with Crippen molar-refractivity contribution < 1.29 is 36.2 Å².